The number of rotatable bonds is 5. The molecule has 6 nitrogen and oxygen atoms in total. The second-order valence-electron chi connectivity index (χ2n) is 5.99. The molecule has 8 heteroatoms. The van der Waals surface area contributed by atoms with Gasteiger partial charge in [-0.3, -0.25) is 9.59 Å². The van der Waals surface area contributed by atoms with Crippen LogP contribution >= 0.6 is 0 Å². The minimum atomic E-state index is -1.79. The molecule has 2 N–H and O–H groups in total. The molecule has 0 saturated carbocycles. The van der Waals surface area contributed by atoms with Gasteiger partial charge in [-0.2, -0.15) is 0 Å². The summed E-state index contributed by atoms with van der Waals surface area (Å²) in [5, 5.41) is 18.9. The van der Waals surface area contributed by atoms with Crippen molar-refractivity contribution in [1.29, 1.82) is 0 Å². The van der Waals surface area contributed by atoms with Crippen LogP contribution in [0.25, 0.3) is 16.7 Å². The van der Waals surface area contributed by atoms with E-state index in [-0.39, 0.29) is 23.1 Å². The van der Waals surface area contributed by atoms with Crippen molar-refractivity contribution < 1.29 is 28.6 Å². The van der Waals surface area contributed by atoms with Crippen molar-refractivity contribution in [2.45, 2.75) is 6.54 Å². The third-order valence-electron chi connectivity index (χ3n) is 4.02. The summed E-state index contributed by atoms with van der Waals surface area (Å²) in [5.74, 6) is -5.54. The van der Waals surface area contributed by atoms with Crippen LogP contribution in [-0.4, -0.2) is 26.5 Å². The van der Waals surface area contributed by atoms with Gasteiger partial charge in [-0.1, -0.05) is 12.1 Å². The number of aliphatic hydroxyl groups excluding tert-OH is 1. The zero-order valence-electron chi connectivity index (χ0n) is 14.2. The lowest BCUT2D eigenvalue weighted by Gasteiger charge is -2.14. The molecule has 3 rings (SSSR count). The van der Waals surface area contributed by atoms with Crippen molar-refractivity contribution >= 4 is 28.4 Å². The van der Waals surface area contributed by atoms with Gasteiger partial charge in [0, 0.05) is 30.3 Å². The average Bonchev–Trinajstić information content (AvgIpc) is 2.63. The highest BCUT2D eigenvalue weighted by Crippen LogP contribution is 2.18. The maximum absolute atomic E-state index is 13.5. The van der Waals surface area contributed by atoms with Gasteiger partial charge >= 0.3 is 5.97 Å². The third-order valence-corrected chi connectivity index (χ3v) is 4.02. The molecule has 0 bridgehead atoms. The summed E-state index contributed by atoms with van der Waals surface area (Å²) in [7, 11) is 0. The van der Waals surface area contributed by atoms with Gasteiger partial charge in [-0.15, -0.1) is 0 Å². The summed E-state index contributed by atoms with van der Waals surface area (Å²) in [5.41, 5.74) is -0.241. The molecular formula is C20H13F2NO5. The zero-order valence-corrected chi connectivity index (χ0v) is 14.2. The second kappa shape index (κ2) is 7.43. The van der Waals surface area contributed by atoms with Crippen LogP contribution in [0.1, 0.15) is 11.1 Å². The quantitative estimate of drug-likeness (QED) is 0.400. The molecule has 28 heavy (non-hydrogen) atoms. The first-order valence-corrected chi connectivity index (χ1v) is 8.01. The highest BCUT2D eigenvalue weighted by atomic mass is 19.1. The summed E-state index contributed by atoms with van der Waals surface area (Å²) in [6.45, 7) is -0.0391. The Morgan fingerprint density at radius 1 is 1.04 bits per heavy atom. The van der Waals surface area contributed by atoms with E-state index in [9.17, 15) is 28.3 Å². The number of hydrogen-bond acceptors (Lipinski definition) is 4. The van der Waals surface area contributed by atoms with E-state index in [0.717, 1.165) is 18.2 Å². The summed E-state index contributed by atoms with van der Waals surface area (Å²) in [6.07, 6.45) is 1.63. The normalized spacial score (nSPS) is 11.6. The van der Waals surface area contributed by atoms with Crippen molar-refractivity contribution in [2.75, 3.05) is 0 Å². The largest absolute Gasteiger partial charge is 0.507 e. The van der Waals surface area contributed by atoms with E-state index in [0.29, 0.717) is 11.6 Å². The molecule has 0 aliphatic rings. The fourth-order valence-electron chi connectivity index (χ4n) is 2.82. The number of carboxylic acid groups (broad SMARTS) is 1. The van der Waals surface area contributed by atoms with Crippen molar-refractivity contribution in [3.8, 4) is 0 Å². The van der Waals surface area contributed by atoms with E-state index in [4.69, 9.17) is 5.11 Å². The average molecular weight is 385 g/mol. The highest BCUT2D eigenvalue weighted by molar-refractivity contribution is 6.38. The Bertz CT molecular complexity index is 1180. The smallest absolute Gasteiger partial charge is 0.376 e. The predicted molar refractivity (Wildman–Crippen MR) is 96.9 cm³/mol. The van der Waals surface area contributed by atoms with Gasteiger partial charge in [-0.05, 0) is 29.8 Å². The Kier molecular flexibility index (Phi) is 5.04. The molecule has 0 radical (unpaired) electrons. The molecule has 0 amide bonds. The Morgan fingerprint density at radius 2 is 1.68 bits per heavy atom. The predicted octanol–water partition coefficient (Wildman–Crippen LogP) is 2.88. The first kappa shape index (κ1) is 19.0. The summed E-state index contributed by atoms with van der Waals surface area (Å²) >= 11 is 0. The molecule has 0 aliphatic heterocycles. The number of halogens is 2. The SMILES string of the molecule is O=C(O)C(=O)C=C(O)c1cn(Cc2cc(F)cc(F)c2)c2ccccc2c1=O. The summed E-state index contributed by atoms with van der Waals surface area (Å²) in [6, 6.07) is 9.31. The van der Waals surface area contributed by atoms with Gasteiger partial charge < -0.3 is 14.8 Å². The number of aromatic nitrogens is 1. The Morgan fingerprint density at radius 3 is 2.32 bits per heavy atom. The maximum atomic E-state index is 13.5. The number of carbonyl (C=O) groups is 2. The van der Waals surface area contributed by atoms with E-state index in [1.807, 2.05) is 0 Å². The van der Waals surface area contributed by atoms with E-state index in [1.54, 1.807) is 18.2 Å². The molecule has 2 aromatic carbocycles. The number of nitrogens with zero attached hydrogens (tertiary/aromatic N) is 1. The minimum Gasteiger partial charge on any atom is -0.507 e. The molecule has 1 aromatic heterocycles. The number of hydrogen-bond donors (Lipinski definition) is 2. The fraction of sp³-hybridized carbons (Fsp3) is 0.0500. The monoisotopic (exact) mass is 385 g/mol. The van der Waals surface area contributed by atoms with E-state index in [1.165, 1.54) is 16.8 Å². The summed E-state index contributed by atoms with van der Waals surface area (Å²) < 4.78 is 28.5. The number of pyridine rings is 1. The number of fused-ring (bicyclic) bond motifs is 1. The van der Waals surface area contributed by atoms with E-state index < -0.39 is 34.6 Å². The number of carboxylic acids is 1. The lowest BCUT2D eigenvalue weighted by atomic mass is 10.1. The van der Waals surface area contributed by atoms with Crippen LogP contribution in [0.15, 0.2) is 59.5 Å². The molecule has 0 spiro atoms. The number of aliphatic hydroxyl groups is 1. The molecule has 1 heterocycles. The molecule has 142 valence electrons. The lowest BCUT2D eigenvalue weighted by Crippen LogP contribution is -2.16. The van der Waals surface area contributed by atoms with Gasteiger partial charge in [0.05, 0.1) is 11.1 Å². The molecule has 0 saturated heterocycles. The molecular weight excluding hydrogens is 372 g/mol. The lowest BCUT2D eigenvalue weighted by molar-refractivity contribution is -0.146. The first-order valence-electron chi connectivity index (χ1n) is 8.01. The number of benzene rings is 2. The third kappa shape index (κ3) is 3.80. The van der Waals surface area contributed by atoms with Crippen LogP contribution < -0.4 is 5.43 Å². The van der Waals surface area contributed by atoms with E-state index in [2.05, 4.69) is 0 Å². The van der Waals surface area contributed by atoms with Crippen LogP contribution in [0.2, 0.25) is 0 Å². The topological polar surface area (TPSA) is 96.6 Å². The van der Waals surface area contributed by atoms with Gasteiger partial charge in [-0.25, -0.2) is 13.6 Å². The Hall–Kier alpha value is -3.81. The standard InChI is InChI=1S/C20H13F2NO5/c21-12-5-11(6-13(22)7-12)9-23-10-15(17(24)8-18(25)20(27)28)19(26)14-3-1-2-4-16(14)23/h1-8,10,24H,9H2,(H,27,28). The number of carbonyl (C=O) groups excluding carboxylic acids is 1. The van der Waals surface area contributed by atoms with Gasteiger partial charge in [0.2, 0.25) is 0 Å². The maximum Gasteiger partial charge on any atom is 0.376 e. The molecule has 0 aliphatic carbocycles. The first-order chi connectivity index (χ1) is 13.3. The Labute approximate surface area is 156 Å². The van der Waals surface area contributed by atoms with E-state index >= 15 is 0 Å². The van der Waals surface area contributed by atoms with Crippen molar-refractivity contribution in [1.82, 2.24) is 4.57 Å². The van der Waals surface area contributed by atoms with Crippen LogP contribution in [0.5, 0.6) is 0 Å². The fourth-order valence-corrected chi connectivity index (χ4v) is 2.82. The van der Waals surface area contributed by atoms with Crippen molar-refractivity contribution in [3.63, 3.8) is 0 Å². The van der Waals surface area contributed by atoms with Crippen LogP contribution in [-0.2, 0) is 16.1 Å². The van der Waals surface area contributed by atoms with Gasteiger partial charge in [0.25, 0.3) is 5.78 Å². The second-order valence-corrected chi connectivity index (χ2v) is 5.99. The van der Waals surface area contributed by atoms with Crippen LogP contribution in [0, 0.1) is 11.6 Å². The van der Waals surface area contributed by atoms with Crippen molar-refractivity contribution in [3.05, 3.63) is 87.7 Å². The summed E-state index contributed by atoms with van der Waals surface area (Å²) in [4.78, 5) is 34.6. The molecule has 3 aromatic rings. The van der Waals surface area contributed by atoms with Crippen LogP contribution in [0.3, 0.4) is 0 Å². The minimum absolute atomic E-state index is 0.0391. The molecule has 0 atom stereocenters. The number of ketones is 1. The number of para-hydroxylation sites is 1. The Balaban J connectivity index is 2.19. The molecule has 0 fully saturated rings. The van der Waals surface area contributed by atoms with Gasteiger partial charge in [0.15, 0.2) is 5.43 Å². The highest BCUT2D eigenvalue weighted by Gasteiger charge is 2.16. The molecule has 0 unspecified atom stereocenters. The zero-order chi connectivity index (χ0) is 20.4. The van der Waals surface area contributed by atoms with Gasteiger partial charge in [0.1, 0.15) is 17.4 Å². The van der Waals surface area contributed by atoms with Crippen molar-refractivity contribution in [2.24, 2.45) is 0 Å². The van der Waals surface area contributed by atoms with Crippen LogP contribution in [0.4, 0.5) is 8.78 Å². The number of aliphatic carboxylic acids is 1.